The number of rotatable bonds is 1. The molecule has 1 saturated heterocycles. The van der Waals surface area contributed by atoms with Gasteiger partial charge in [-0.25, -0.2) is 0 Å². The maximum atomic E-state index is 10.8. The summed E-state index contributed by atoms with van der Waals surface area (Å²) in [6, 6.07) is 6.10. The van der Waals surface area contributed by atoms with Gasteiger partial charge >= 0.3 is 6.92 Å². The Morgan fingerprint density at radius 3 is 2.57 bits per heavy atom. The van der Waals surface area contributed by atoms with Crippen LogP contribution in [-0.4, -0.2) is 29.8 Å². The zero-order chi connectivity index (χ0) is 15.4. The van der Waals surface area contributed by atoms with Crippen molar-refractivity contribution in [2.45, 2.75) is 57.8 Å². The van der Waals surface area contributed by atoms with Gasteiger partial charge in [-0.05, 0) is 40.8 Å². The van der Waals surface area contributed by atoms with Crippen molar-refractivity contribution >= 4 is 6.92 Å². The number of hydrogen-bond donors (Lipinski definition) is 2. The Morgan fingerprint density at radius 2 is 1.95 bits per heavy atom. The second kappa shape index (κ2) is 4.75. The standard InChI is InChI=1S/C17H25BO3/c1-16(2)15(19)14(18(20)17(16,3)4)12-7-8-13-11(10-12)6-5-9-21-13/h7-8,10,14-15,19-20H,5-6,9H2,1-4H3. The lowest BCUT2D eigenvalue weighted by atomic mass is 9.41. The normalized spacial score (nSPS) is 29.9. The summed E-state index contributed by atoms with van der Waals surface area (Å²) < 4.78 is 5.65. The van der Waals surface area contributed by atoms with E-state index in [4.69, 9.17) is 4.74 Å². The average Bonchev–Trinajstić information content (AvgIpc) is 2.57. The molecule has 0 aromatic heterocycles. The molecule has 2 N–H and O–H groups in total. The molecule has 1 aromatic rings. The van der Waals surface area contributed by atoms with Crippen molar-refractivity contribution in [1.82, 2.24) is 0 Å². The zero-order valence-electron chi connectivity index (χ0n) is 13.4. The van der Waals surface area contributed by atoms with Gasteiger partial charge in [0.1, 0.15) is 5.75 Å². The first-order chi connectivity index (χ1) is 9.76. The minimum absolute atomic E-state index is 0.234. The van der Waals surface area contributed by atoms with Crippen molar-refractivity contribution in [3.8, 4) is 5.75 Å². The maximum Gasteiger partial charge on any atom is 0.305 e. The highest BCUT2D eigenvalue weighted by Gasteiger charge is 2.62. The van der Waals surface area contributed by atoms with E-state index in [2.05, 4.69) is 6.07 Å². The van der Waals surface area contributed by atoms with Crippen LogP contribution in [0.5, 0.6) is 5.75 Å². The molecule has 3 nitrogen and oxygen atoms in total. The smallest absolute Gasteiger partial charge is 0.305 e. The molecule has 2 heterocycles. The second-order valence-electron chi connectivity index (χ2n) is 7.68. The number of fused-ring (bicyclic) bond motifs is 1. The third kappa shape index (κ3) is 2.03. The third-order valence-electron chi connectivity index (χ3n) is 6.14. The average molecular weight is 288 g/mol. The fourth-order valence-corrected chi connectivity index (χ4v) is 3.78. The predicted molar refractivity (Wildman–Crippen MR) is 84.8 cm³/mol. The summed E-state index contributed by atoms with van der Waals surface area (Å²) in [7, 11) is 0. The molecule has 2 atom stereocenters. The van der Waals surface area contributed by atoms with E-state index in [9.17, 15) is 10.1 Å². The topological polar surface area (TPSA) is 49.7 Å². The number of ether oxygens (including phenoxy) is 1. The Kier molecular flexibility index (Phi) is 3.38. The molecule has 0 aliphatic carbocycles. The van der Waals surface area contributed by atoms with E-state index in [-0.39, 0.29) is 16.5 Å². The number of hydrogen-bond acceptors (Lipinski definition) is 3. The van der Waals surface area contributed by atoms with Gasteiger partial charge in [-0.2, -0.15) is 0 Å². The molecule has 2 unspecified atom stereocenters. The van der Waals surface area contributed by atoms with E-state index in [1.54, 1.807) is 0 Å². The van der Waals surface area contributed by atoms with Crippen molar-refractivity contribution < 1.29 is 14.9 Å². The van der Waals surface area contributed by atoms with Gasteiger partial charge in [0.05, 0.1) is 12.7 Å². The highest BCUT2D eigenvalue weighted by molar-refractivity contribution is 6.57. The van der Waals surface area contributed by atoms with Crippen molar-refractivity contribution in [2.75, 3.05) is 6.61 Å². The van der Waals surface area contributed by atoms with Crippen molar-refractivity contribution in [1.29, 1.82) is 0 Å². The quantitative estimate of drug-likeness (QED) is 0.781. The monoisotopic (exact) mass is 288 g/mol. The zero-order valence-corrected chi connectivity index (χ0v) is 13.4. The molecule has 2 aliphatic heterocycles. The van der Waals surface area contributed by atoms with Crippen LogP contribution in [0.4, 0.5) is 0 Å². The van der Waals surface area contributed by atoms with Gasteiger partial charge in [-0.15, -0.1) is 0 Å². The summed E-state index contributed by atoms with van der Waals surface area (Å²) in [6.45, 7) is 8.40. The number of benzene rings is 1. The minimum atomic E-state index is -0.551. The van der Waals surface area contributed by atoms with Crippen LogP contribution in [0.3, 0.4) is 0 Å². The van der Waals surface area contributed by atoms with Crippen molar-refractivity contribution in [3.05, 3.63) is 29.3 Å². The molecule has 1 fully saturated rings. The fourth-order valence-electron chi connectivity index (χ4n) is 3.78. The summed E-state index contributed by atoms with van der Waals surface area (Å²) in [5.41, 5.74) is 1.89. The molecular formula is C17H25BO3. The first-order valence-electron chi connectivity index (χ1n) is 7.88. The molecule has 3 rings (SSSR count). The van der Waals surface area contributed by atoms with Gasteiger partial charge in [0.15, 0.2) is 0 Å². The van der Waals surface area contributed by atoms with E-state index < -0.39 is 13.0 Å². The Hall–Kier alpha value is -0.995. The van der Waals surface area contributed by atoms with Crippen LogP contribution < -0.4 is 4.74 Å². The number of aryl methyl sites for hydroxylation is 1. The van der Waals surface area contributed by atoms with Crippen LogP contribution in [0.1, 0.15) is 51.1 Å². The SMILES string of the molecule is CC1(C)B(O)C(c2ccc3c(c2)CCCO3)C(O)C1(C)C. The lowest BCUT2D eigenvalue weighted by Gasteiger charge is -2.37. The summed E-state index contributed by atoms with van der Waals surface area (Å²) in [5.74, 6) is 0.715. The van der Waals surface area contributed by atoms with Crippen LogP contribution in [0.15, 0.2) is 18.2 Å². The van der Waals surface area contributed by atoms with Gasteiger partial charge in [0.2, 0.25) is 0 Å². The summed E-state index contributed by atoms with van der Waals surface area (Å²) in [6.07, 6.45) is 1.49. The highest BCUT2D eigenvalue weighted by atomic mass is 16.5. The minimum Gasteiger partial charge on any atom is -0.493 e. The molecule has 4 heteroatoms. The van der Waals surface area contributed by atoms with Gasteiger partial charge < -0.3 is 14.9 Å². The van der Waals surface area contributed by atoms with E-state index in [1.807, 2.05) is 39.8 Å². The van der Waals surface area contributed by atoms with Crippen LogP contribution in [0.25, 0.3) is 0 Å². The molecule has 0 bridgehead atoms. The first kappa shape index (κ1) is 14.9. The van der Waals surface area contributed by atoms with Gasteiger partial charge in [-0.3, -0.25) is 0 Å². The van der Waals surface area contributed by atoms with E-state index >= 15 is 0 Å². The van der Waals surface area contributed by atoms with Gasteiger partial charge in [0.25, 0.3) is 0 Å². The molecule has 21 heavy (non-hydrogen) atoms. The second-order valence-corrected chi connectivity index (χ2v) is 7.68. The Morgan fingerprint density at radius 1 is 1.24 bits per heavy atom. The molecular weight excluding hydrogens is 263 g/mol. The largest absolute Gasteiger partial charge is 0.493 e. The van der Waals surface area contributed by atoms with Crippen LogP contribution >= 0.6 is 0 Å². The molecule has 0 spiro atoms. The molecule has 114 valence electrons. The molecule has 2 aliphatic rings. The van der Waals surface area contributed by atoms with E-state index in [0.717, 1.165) is 30.8 Å². The number of aliphatic hydroxyl groups is 1. The summed E-state index contributed by atoms with van der Waals surface area (Å²) >= 11 is 0. The summed E-state index contributed by atoms with van der Waals surface area (Å²) in [5, 5.41) is 21.2. The van der Waals surface area contributed by atoms with E-state index in [1.165, 1.54) is 5.56 Å². The van der Waals surface area contributed by atoms with Crippen molar-refractivity contribution in [2.24, 2.45) is 5.41 Å². The van der Waals surface area contributed by atoms with Gasteiger partial charge in [0, 0.05) is 5.82 Å². The molecule has 0 radical (unpaired) electrons. The maximum absolute atomic E-state index is 10.8. The Bertz CT molecular complexity index is 533. The summed E-state index contributed by atoms with van der Waals surface area (Å²) in [4.78, 5) is 0. The van der Waals surface area contributed by atoms with Gasteiger partial charge in [-0.1, -0.05) is 39.8 Å². The predicted octanol–water partition coefficient (Wildman–Crippen LogP) is 2.80. The van der Waals surface area contributed by atoms with Crippen LogP contribution in [-0.2, 0) is 6.42 Å². The lowest BCUT2D eigenvalue weighted by molar-refractivity contribution is 0.0406. The van der Waals surface area contributed by atoms with Crippen LogP contribution in [0, 0.1) is 5.41 Å². The van der Waals surface area contributed by atoms with Crippen molar-refractivity contribution in [3.63, 3.8) is 0 Å². The fraction of sp³-hybridized carbons (Fsp3) is 0.647. The first-order valence-corrected chi connectivity index (χ1v) is 7.88. The Labute approximate surface area is 127 Å². The lowest BCUT2D eigenvalue weighted by Crippen LogP contribution is -2.34. The molecule has 0 amide bonds. The molecule has 1 aromatic carbocycles. The van der Waals surface area contributed by atoms with Crippen LogP contribution in [0.2, 0.25) is 5.31 Å². The highest BCUT2D eigenvalue weighted by Crippen LogP contribution is 2.60. The third-order valence-corrected chi connectivity index (χ3v) is 6.14. The number of aliphatic hydroxyl groups excluding tert-OH is 1. The molecule has 0 saturated carbocycles. The van der Waals surface area contributed by atoms with E-state index in [0.29, 0.717) is 0 Å². The Balaban J connectivity index is 2.01.